The Morgan fingerprint density at radius 1 is 1.47 bits per heavy atom. The minimum absolute atomic E-state index is 0.0680. The van der Waals surface area contributed by atoms with Crippen LogP contribution in [0.2, 0.25) is 0 Å². The Balaban J connectivity index is 1.68. The van der Waals surface area contributed by atoms with Crippen LogP contribution in [0, 0.1) is 0 Å². The molecular formula is C12H15N3O2S2. The zero-order valence-corrected chi connectivity index (χ0v) is 12.0. The first-order chi connectivity index (χ1) is 9.22. The van der Waals surface area contributed by atoms with Crippen LogP contribution < -0.4 is 10.9 Å². The minimum atomic E-state index is -0.638. The Kier molecular flexibility index (Phi) is 3.76. The van der Waals surface area contributed by atoms with E-state index >= 15 is 0 Å². The molecule has 0 unspecified atom stereocenters. The van der Waals surface area contributed by atoms with Gasteiger partial charge in [0.05, 0.1) is 12.1 Å². The molecule has 0 aliphatic carbocycles. The molecule has 0 amide bonds. The van der Waals surface area contributed by atoms with E-state index < -0.39 is 10.8 Å². The summed E-state index contributed by atoms with van der Waals surface area (Å²) in [5.74, 6) is 2.21. The first-order valence-corrected chi connectivity index (χ1v) is 8.64. The number of rotatable bonds is 3. The molecule has 0 atom stereocenters. The maximum atomic E-state index is 11.8. The summed E-state index contributed by atoms with van der Waals surface area (Å²) >= 11 is 1.41. The number of H-pyrrole nitrogens is 1. The summed E-state index contributed by atoms with van der Waals surface area (Å²) in [6.45, 7) is 0.554. The molecule has 5 nitrogen and oxygen atoms in total. The van der Waals surface area contributed by atoms with Gasteiger partial charge >= 0.3 is 0 Å². The number of thiophene rings is 1. The quantitative estimate of drug-likeness (QED) is 0.886. The van der Waals surface area contributed by atoms with E-state index in [1.165, 1.54) is 11.3 Å². The normalized spacial score (nSPS) is 23.8. The van der Waals surface area contributed by atoms with Crippen molar-refractivity contribution in [1.29, 1.82) is 0 Å². The standard InChI is InChI=1S/C12H15N3O2S2/c16-12-11-9(1-4-18-11)14-10(15-12)7-13-8-2-5-19(17)6-3-8/h1,4,8,13H,2-3,5-7H2,(H,14,15,16). The Morgan fingerprint density at radius 2 is 2.26 bits per heavy atom. The van der Waals surface area contributed by atoms with Crippen molar-refractivity contribution < 1.29 is 4.21 Å². The highest BCUT2D eigenvalue weighted by Crippen LogP contribution is 2.14. The maximum absolute atomic E-state index is 11.8. The van der Waals surface area contributed by atoms with Gasteiger partial charge in [-0.25, -0.2) is 4.98 Å². The van der Waals surface area contributed by atoms with Crippen LogP contribution >= 0.6 is 11.3 Å². The molecule has 1 saturated heterocycles. The third kappa shape index (κ3) is 2.93. The van der Waals surface area contributed by atoms with Crippen molar-refractivity contribution >= 4 is 32.4 Å². The van der Waals surface area contributed by atoms with Gasteiger partial charge in [-0.15, -0.1) is 11.3 Å². The van der Waals surface area contributed by atoms with E-state index in [1.807, 2.05) is 11.4 Å². The average Bonchev–Trinajstić information content (AvgIpc) is 2.87. The summed E-state index contributed by atoms with van der Waals surface area (Å²) in [7, 11) is -0.638. The summed E-state index contributed by atoms with van der Waals surface area (Å²) < 4.78 is 11.9. The van der Waals surface area contributed by atoms with E-state index in [1.54, 1.807) is 0 Å². The van der Waals surface area contributed by atoms with Crippen LogP contribution in [0.25, 0.3) is 10.2 Å². The van der Waals surface area contributed by atoms with E-state index in [0.29, 0.717) is 23.1 Å². The second-order valence-electron chi connectivity index (χ2n) is 4.65. The number of nitrogens with one attached hydrogen (secondary N) is 2. The summed E-state index contributed by atoms with van der Waals surface area (Å²) in [6, 6.07) is 2.24. The highest BCUT2D eigenvalue weighted by molar-refractivity contribution is 7.85. The van der Waals surface area contributed by atoms with Crippen LogP contribution in [0.3, 0.4) is 0 Å². The molecule has 1 fully saturated rings. The number of hydrogen-bond acceptors (Lipinski definition) is 5. The third-order valence-electron chi connectivity index (χ3n) is 3.31. The van der Waals surface area contributed by atoms with E-state index in [9.17, 15) is 9.00 Å². The highest BCUT2D eigenvalue weighted by atomic mass is 32.2. The average molecular weight is 297 g/mol. The van der Waals surface area contributed by atoms with Gasteiger partial charge in [0.2, 0.25) is 0 Å². The van der Waals surface area contributed by atoms with Gasteiger partial charge in [0.1, 0.15) is 10.5 Å². The topological polar surface area (TPSA) is 74.8 Å². The lowest BCUT2D eigenvalue weighted by Crippen LogP contribution is -2.36. The van der Waals surface area contributed by atoms with Crippen LogP contribution in [0.1, 0.15) is 18.7 Å². The van der Waals surface area contributed by atoms with Gasteiger partial charge in [0, 0.05) is 28.3 Å². The molecule has 0 aromatic carbocycles. The Hall–Kier alpha value is -1.05. The van der Waals surface area contributed by atoms with Gasteiger partial charge in [0.15, 0.2) is 0 Å². The minimum Gasteiger partial charge on any atom is -0.308 e. The maximum Gasteiger partial charge on any atom is 0.268 e. The molecule has 102 valence electrons. The Morgan fingerprint density at radius 3 is 3.05 bits per heavy atom. The molecule has 0 saturated carbocycles. The van der Waals surface area contributed by atoms with Gasteiger partial charge in [-0.05, 0) is 24.3 Å². The van der Waals surface area contributed by atoms with Crippen LogP contribution in [0.5, 0.6) is 0 Å². The molecule has 3 rings (SSSR count). The van der Waals surface area contributed by atoms with Gasteiger partial charge in [0.25, 0.3) is 5.56 Å². The SMILES string of the molecule is O=c1[nH]c(CNC2CCS(=O)CC2)nc2ccsc12. The van der Waals surface area contributed by atoms with Crippen molar-refractivity contribution in [2.24, 2.45) is 0 Å². The van der Waals surface area contributed by atoms with Crippen molar-refractivity contribution in [3.05, 3.63) is 27.6 Å². The fourth-order valence-electron chi connectivity index (χ4n) is 2.24. The Bertz CT molecular complexity index is 654. The molecule has 2 N–H and O–H groups in total. The molecule has 0 radical (unpaired) electrons. The van der Waals surface area contributed by atoms with Gasteiger partial charge in [-0.3, -0.25) is 9.00 Å². The summed E-state index contributed by atoms with van der Waals surface area (Å²) in [4.78, 5) is 19.0. The predicted octanol–water partition coefficient (Wildman–Crippen LogP) is 0.985. The van der Waals surface area contributed by atoms with E-state index in [0.717, 1.165) is 29.9 Å². The molecule has 2 aromatic heterocycles. The van der Waals surface area contributed by atoms with Crippen molar-refractivity contribution in [2.45, 2.75) is 25.4 Å². The largest absolute Gasteiger partial charge is 0.308 e. The molecule has 1 aliphatic heterocycles. The second kappa shape index (κ2) is 5.52. The third-order valence-corrected chi connectivity index (χ3v) is 5.59. The molecule has 2 aromatic rings. The van der Waals surface area contributed by atoms with E-state index in [4.69, 9.17) is 0 Å². The number of nitrogens with zero attached hydrogens (tertiary/aromatic N) is 1. The molecular weight excluding hydrogens is 282 g/mol. The van der Waals surface area contributed by atoms with Crippen LogP contribution in [-0.4, -0.2) is 31.7 Å². The fraction of sp³-hybridized carbons (Fsp3) is 0.500. The molecule has 19 heavy (non-hydrogen) atoms. The second-order valence-corrected chi connectivity index (χ2v) is 7.26. The number of aromatic nitrogens is 2. The molecule has 1 aliphatic rings. The summed E-state index contributed by atoms with van der Waals surface area (Å²) in [5, 5.41) is 5.25. The van der Waals surface area contributed by atoms with Crippen LogP contribution in [0.4, 0.5) is 0 Å². The van der Waals surface area contributed by atoms with Gasteiger partial charge in [-0.2, -0.15) is 0 Å². The number of hydrogen-bond donors (Lipinski definition) is 2. The Labute approximate surface area is 116 Å². The molecule has 0 spiro atoms. The lowest BCUT2D eigenvalue weighted by atomic mass is 10.1. The lowest BCUT2D eigenvalue weighted by Gasteiger charge is -2.22. The fourth-order valence-corrected chi connectivity index (χ4v) is 4.27. The first-order valence-electron chi connectivity index (χ1n) is 6.27. The van der Waals surface area contributed by atoms with Crippen LogP contribution in [-0.2, 0) is 17.3 Å². The molecule has 3 heterocycles. The highest BCUT2D eigenvalue weighted by Gasteiger charge is 2.17. The van der Waals surface area contributed by atoms with Crippen molar-refractivity contribution in [3.8, 4) is 0 Å². The van der Waals surface area contributed by atoms with Gasteiger partial charge in [-0.1, -0.05) is 0 Å². The van der Waals surface area contributed by atoms with Gasteiger partial charge < -0.3 is 10.3 Å². The lowest BCUT2D eigenvalue weighted by molar-refractivity contribution is 0.468. The van der Waals surface area contributed by atoms with E-state index in [-0.39, 0.29) is 5.56 Å². The smallest absolute Gasteiger partial charge is 0.268 e. The van der Waals surface area contributed by atoms with Crippen molar-refractivity contribution in [3.63, 3.8) is 0 Å². The van der Waals surface area contributed by atoms with Crippen molar-refractivity contribution in [1.82, 2.24) is 15.3 Å². The molecule has 7 heteroatoms. The van der Waals surface area contributed by atoms with E-state index in [2.05, 4.69) is 15.3 Å². The molecule has 0 bridgehead atoms. The van der Waals surface area contributed by atoms with Crippen molar-refractivity contribution in [2.75, 3.05) is 11.5 Å². The number of fused-ring (bicyclic) bond motifs is 1. The summed E-state index contributed by atoms with van der Waals surface area (Å²) in [6.07, 6.45) is 1.86. The predicted molar refractivity (Wildman–Crippen MR) is 78.0 cm³/mol. The number of aromatic amines is 1. The zero-order valence-electron chi connectivity index (χ0n) is 10.3. The zero-order chi connectivity index (χ0) is 13.2. The monoisotopic (exact) mass is 297 g/mol. The van der Waals surface area contributed by atoms with Crippen LogP contribution in [0.15, 0.2) is 16.2 Å². The first kappa shape index (κ1) is 13.0. The summed E-state index contributed by atoms with van der Waals surface area (Å²) in [5.41, 5.74) is 0.692.